The average molecular weight is 429 g/mol. The maximum atomic E-state index is 13.7. The predicted octanol–water partition coefficient (Wildman–Crippen LogP) is 2.35. The molecule has 0 spiro atoms. The second-order valence-corrected chi connectivity index (χ2v) is 8.12. The Balaban J connectivity index is 2.09. The molecule has 162 valence electrons. The van der Waals surface area contributed by atoms with Crippen LogP contribution in [0.25, 0.3) is 0 Å². The van der Waals surface area contributed by atoms with Crippen molar-refractivity contribution in [2.45, 2.75) is 38.5 Å². The lowest BCUT2D eigenvalue weighted by Crippen LogP contribution is -2.56. The first-order chi connectivity index (χ1) is 14.4. The van der Waals surface area contributed by atoms with Crippen molar-refractivity contribution in [2.75, 3.05) is 0 Å². The summed E-state index contributed by atoms with van der Waals surface area (Å²) in [4.78, 5) is 49.7. The Bertz CT molecular complexity index is 1060. The molecule has 3 rings (SSSR count). The standard InChI is InChI=1S/C21H20FN3O6/c1-21(2,3)23-18(27)16(17(26)11-8-9-14(22)15(10-11)25(30)31)24-19(28)12-6-4-5-7-13(12)20(24)29/h4-10,16-17,26H,1-3H3,(H,23,27)/t16-,17+/m0/s1. The van der Waals surface area contributed by atoms with Crippen LogP contribution >= 0.6 is 0 Å². The van der Waals surface area contributed by atoms with Crippen molar-refractivity contribution in [3.05, 3.63) is 75.1 Å². The van der Waals surface area contributed by atoms with Gasteiger partial charge in [0.05, 0.1) is 16.1 Å². The summed E-state index contributed by atoms with van der Waals surface area (Å²) in [6.45, 7) is 5.00. The molecule has 0 aromatic heterocycles. The second kappa shape index (κ2) is 7.88. The number of nitro benzene ring substituents is 1. The van der Waals surface area contributed by atoms with Crippen LogP contribution in [0, 0.1) is 15.9 Å². The Labute approximate surface area is 176 Å². The Hall–Kier alpha value is -3.66. The van der Waals surface area contributed by atoms with E-state index in [2.05, 4.69) is 5.32 Å². The van der Waals surface area contributed by atoms with Crippen LogP contribution in [0.1, 0.15) is 53.2 Å². The third-order valence-electron chi connectivity index (χ3n) is 4.68. The van der Waals surface area contributed by atoms with Crippen LogP contribution in [0.3, 0.4) is 0 Å². The van der Waals surface area contributed by atoms with Crippen LogP contribution in [-0.4, -0.2) is 44.2 Å². The molecular weight excluding hydrogens is 409 g/mol. The third-order valence-corrected chi connectivity index (χ3v) is 4.68. The first-order valence-corrected chi connectivity index (χ1v) is 9.33. The number of hydrogen-bond acceptors (Lipinski definition) is 6. The number of nitro groups is 1. The summed E-state index contributed by atoms with van der Waals surface area (Å²) in [5.41, 5.74) is -1.74. The number of nitrogens with one attached hydrogen (secondary N) is 1. The van der Waals surface area contributed by atoms with E-state index in [1.54, 1.807) is 32.9 Å². The fraction of sp³-hybridized carbons (Fsp3) is 0.286. The minimum absolute atomic E-state index is 0.0679. The zero-order valence-corrected chi connectivity index (χ0v) is 17.0. The molecule has 10 heteroatoms. The highest BCUT2D eigenvalue weighted by atomic mass is 19.1. The quantitative estimate of drug-likeness (QED) is 0.426. The van der Waals surface area contributed by atoms with Gasteiger partial charge in [0.25, 0.3) is 11.8 Å². The molecule has 0 fully saturated rings. The number of carbonyl (C=O) groups excluding carboxylic acids is 3. The van der Waals surface area contributed by atoms with E-state index in [9.17, 15) is 34.0 Å². The Morgan fingerprint density at radius 2 is 1.68 bits per heavy atom. The van der Waals surface area contributed by atoms with Crippen molar-refractivity contribution in [1.29, 1.82) is 0 Å². The summed E-state index contributed by atoms with van der Waals surface area (Å²) < 4.78 is 13.7. The molecular formula is C21H20FN3O6. The van der Waals surface area contributed by atoms with Gasteiger partial charge in [0.15, 0.2) is 0 Å². The number of fused-ring (bicyclic) bond motifs is 1. The van der Waals surface area contributed by atoms with Crippen molar-refractivity contribution >= 4 is 23.4 Å². The molecule has 2 aromatic rings. The monoisotopic (exact) mass is 429 g/mol. The summed E-state index contributed by atoms with van der Waals surface area (Å²) in [6.07, 6.45) is -1.84. The largest absolute Gasteiger partial charge is 0.386 e. The van der Waals surface area contributed by atoms with Gasteiger partial charge in [0.1, 0.15) is 12.1 Å². The Kier molecular flexibility index (Phi) is 5.60. The van der Waals surface area contributed by atoms with Crippen LogP contribution in [0.4, 0.5) is 10.1 Å². The minimum Gasteiger partial charge on any atom is -0.386 e. The van der Waals surface area contributed by atoms with E-state index >= 15 is 0 Å². The first-order valence-electron chi connectivity index (χ1n) is 9.33. The van der Waals surface area contributed by atoms with Crippen LogP contribution in [0.15, 0.2) is 42.5 Å². The lowest BCUT2D eigenvalue weighted by atomic mass is 9.98. The van der Waals surface area contributed by atoms with Crippen LogP contribution in [0.5, 0.6) is 0 Å². The van der Waals surface area contributed by atoms with Crippen LogP contribution < -0.4 is 5.32 Å². The van der Waals surface area contributed by atoms with Crippen molar-refractivity contribution in [3.63, 3.8) is 0 Å². The van der Waals surface area contributed by atoms with E-state index < -0.39 is 51.8 Å². The lowest BCUT2D eigenvalue weighted by molar-refractivity contribution is -0.387. The van der Waals surface area contributed by atoms with Gasteiger partial charge >= 0.3 is 5.69 Å². The number of aliphatic hydroxyl groups is 1. The molecule has 1 aliphatic heterocycles. The number of amides is 3. The van der Waals surface area contributed by atoms with Gasteiger partial charge in [-0.3, -0.25) is 29.4 Å². The minimum atomic E-state index is -1.84. The molecule has 1 aliphatic rings. The maximum absolute atomic E-state index is 13.7. The summed E-state index contributed by atoms with van der Waals surface area (Å²) >= 11 is 0. The number of aliphatic hydroxyl groups excluding tert-OH is 1. The second-order valence-electron chi connectivity index (χ2n) is 8.12. The number of imide groups is 1. The van der Waals surface area contributed by atoms with E-state index in [0.717, 1.165) is 18.2 Å². The number of nitrogens with zero attached hydrogens (tertiary/aromatic N) is 2. The topological polar surface area (TPSA) is 130 Å². The van der Waals surface area contributed by atoms with Gasteiger partial charge in [-0.25, -0.2) is 0 Å². The Morgan fingerprint density at radius 1 is 1.13 bits per heavy atom. The lowest BCUT2D eigenvalue weighted by Gasteiger charge is -2.32. The normalized spacial score (nSPS) is 15.5. The SMILES string of the molecule is CC(C)(C)NC(=O)[C@H]([C@H](O)c1ccc(F)c([N+](=O)[O-])c1)N1C(=O)c2ccccc2C1=O. The molecule has 2 aromatic carbocycles. The zero-order valence-electron chi connectivity index (χ0n) is 17.0. The highest BCUT2D eigenvalue weighted by molar-refractivity contribution is 6.23. The summed E-state index contributed by atoms with van der Waals surface area (Å²) in [6, 6.07) is 6.81. The van der Waals surface area contributed by atoms with E-state index in [-0.39, 0.29) is 16.7 Å². The third kappa shape index (κ3) is 4.15. The van der Waals surface area contributed by atoms with Gasteiger partial charge in [-0.15, -0.1) is 0 Å². The molecule has 2 N–H and O–H groups in total. The van der Waals surface area contributed by atoms with Crippen molar-refractivity contribution < 1.29 is 28.8 Å². The van der Waals surface area contributed by atoms with E-state index in [0.29, 0.717) is 4.90 Å². The van der Waals surface area contributed by atoms with E-state index in [4.69, 9.17) is 0 Å². The van der Waals surface area contributed by atoms with Gasteiger partial charge < -0.3 is 10.4 Å². The fourth-order valence-electron chi connectivity index (χ4n) is 3.34. The molecule has 1 heterocycles. The van der Waals surface area contributed by atoms with Crippen molar-refractivity contribution in [3.8, 4) is 0 Å². The number of benzene rings is 2. The smallest absolute Gasteiger partial charge is 0.305 e. The molecule has 3 amide bonds. The van der Waals surface area contributed by atoms with Crippen molar-refractivity contribution in [1.82, 2.24) is 10.2 Å². The van der Waals surface area contributed by atoms with E-state index in [1.807, 2.05) is 0 Å². The van der Waals surface area contributed by atoms with Crippen LogP contribution in [0.2, 0.25) is 0 Å². The molecule has 0 saturated heterocycles. The fourth-order valence-corrected chi connectivity index (χ4v) is 3.34. The summed E-state index contributed by atoms with van der Waals surface area (Å²) in [5, 5.41) is 24.7. The highest BCUT2D eigenvalue weighted by Crippen LogP contribution is 2.32. The highest BCUT2D eigenvalue weighted by Gasteiger charge is 2.47. The molecule has 0 unspecified atom stereocenters. The summed E-state index contributed by atoms with van der Waals surface area (Å²) in [5.74, 6) is -3.55. The molecule has 0 radical (unpaired) electrons. The number of hydrogen-bond donors (Lipinski definition) is 2. The Morgan fingerprint density at radius 3 is 2.16 bits per heavy atom. The first kappa shape index (κ1) is 22.0. The molecule has 2 atom stereocenters. The molecule has 31 heavy (non-hydrogen) atoms. The molecule has 0 bridgehead atoms. The van der Waals surface area contributed by atoms with Gasteiger partial charge in [-0.1, -0.05) is 18.2 Å². The number of rotatable bonds is 5. The maximum Gasteiger partial charge on any atom is 0.305 e. The zero-order chi connectivity index (χ0) is 23.1. The molecule has 0 aliphatic carbocycles. The van der Waals surface area contributed by atoms with Crippen molar-refractivity contribution in [2.24, 2.45) is 0 Å². The van der Waals surface area contributed by atoms with Gasteiger partial charge in [-0.05, 0) is 44.5 Å². The van der Waals surface area contributed by atoms with Gasteiger partial charge in [0.2, 0.25) is 11.7 Å². The van der Waals surface area contributed by atoms with Gasteiger partial charge in [-0.2, -0.15) is 4.39 Å². The summed E-state index contributed by atoms with van der Waals surface area (Å²) in [7, 11) is 0. The number of halogens is 1. The number of carbonyl (C=O) groups is 3. The predicted molar refractivity (Wildman–Crippen MR) is 107 cm³/mol. The molecule has 0 saturated carbocycles. The average Bonchev–Trinajstić information content (AvgIpc) is 2.92. The van der Waals surface area contributed by atoms with Gasteiger partial charge in [0, 0.05) is 11.6 Å². The van der Waals surface area contributed by atoms with Crippen LogP contribution in [-0.2, 0) is 4.79 Å². The molecule has 9 nitrogen and oxygen atoms in total. The van der Waals surface area contributed by atoms with E-state index in [1.165, 1.54) is 12.1 Å².